The Morgan fingerprint density at radius 3 is 2.93 bits per heavy atom. The molecule has 146 valence electrons. The van der Waals surface area contributed by atoms with E-state index < -0.39 is 5.97 Å². The molecule has 0 bridgehead atoms. The fourth-order valence-electron chi connectivity index (χ4n) is 2.74. The molecule has 9 heteroatoms. The Bertz CT molecular complexity index is 1100. The predicted molar refractivity (Wildman–Crippen MR) is 108 cm³/mol. The summed E-state index contributed by atoms with van der Waals surface area (Å²) in [5.41, 5.74) is 1.58. The van der Waals surface area contributed by atoms with Gasteiger partial charge < -0.3 is 15.0 Å². The van der Waals surface area contributed by atoms with Crippen molar-refractivity contribution in [2.75, 3.05) is 18.9 Å². The molecular weight excluding hydrogens is 380 g/mol. The zero-order valence-corrected chi connectivity index (χ0v) is 16.2. The van der Waals surface area contributed by atoms with Gasteiger partial charge in [0, 0.05) is 17.4 Å². The highest BCUT2D eigenvalue weighted by atomic mass is 32.2. The maximum absolute atomic E-state index is 12.9. The average Bonchev–Trinajstić information content (AvgIpc) is 3.06. The maximum Gasteiger partial charge on any atom is 0.325 e. The number of esters is 1. The van der Waals surface area contributed by atoms with Gasteiger partial charge in [-0.3, -0.25) is 19.0 Å². The molecule has 0 fully saturated rings. The zero-order chi connectivity index (χ0) is 20.1. The van der Waals surface area contributed by atoms with Gasteiger partial charge in [-0.25, -0.2) is 4.98 Å². The lowest BCUT2D eigenvalue weighted by Crippen LogP contribution is -2.32. The predicted octanol–water partition coefficient (Wildman–Crippen LogP) is 1.84. The lowest BCUT2D eigenvalue weighted by atomic mass is 10.2. The van der Waals surface area contributed by atoms with Gasteiger partial charge >= 0.3 is 5.97 Å². The molecule has 0 atom stereocenters. The fourth-order valence-corrected chi connectivity index (χ4v) is 3.57. The number of fused-ring (bicyclic) bond motifs is 3. The summed E-state index contributed by atoms with van der Waals surface area (Å²) >= 11 is 1.13. The monoisotopic (exact) mass is 400 g/mol. The van der Waals surface area contributed by atoms with E-state index in [2.05, 4.69) is 21.9 Å². The molecule has 3 rings (SSSR count). The molecule has 0 saturated carbocycles. The van der Waals surface area contributed by atoms with E-state index >= 15 is 0 Å². The molecule has 0 unspecified atom stereocenters. The summed E-state index contributed by atoms with van der Waals surface area (Å²) in [7, 11) is 0. The smallest absolute Gasteiger partial charge is 0.325 e. The minimum Gasteiger partial charge on any atom is -0.465 e. The number of aromatic amines is 1. The molecule has 1 amide bonds. The minimum absolute atomic E-state index is 0.0108. The molecule has 0 spiro atoms. The number of benzene rings is 1. The number of nitrogens with zero attached hydrogens (tertiary/aromatic N) is 2. The molecule has 1 aromatic carbocycles. The van der Waals surface area contributed by atoms with Crippen molar-refractivity contribution in [1.29, 1.82) is 0 Å². The molecule has 0 radical (unpaired) electrons. The van der Waals surface area contributed by atoms with E-state index in [9.17, 15) is 14.4 Å². The lowest BCUT2D eigenvalue weighted by Gasteiger charge is -2.10. The van der Waals surface area contributed by atoms with E-state index in [1.807, 2.05) is 24.3 Å². The molecule has 0 saturated heterocycles. The number of aromatic nitrogens is 3. The van der Waals surface area contributed by atoms with Crippen LogP contribution >= 0.6 is 11.8 Å². The highest BCUT2D eigenvalue weighted by Crippen LogP contribution is 2.24. The number of ether oxygens (including phenoxy) is 1. The third-order valence-corrected chi connectivity index (χ3v) is 4.93. The molecule has 28 heavy (non-hydrogen) atoms. The molecular formula is C19H20N4O4S. The highest BCUT2D eigenvalue weighted by Gasteiger charge is 2.16. The summed E-state index contributed by atoms with van der Waals surface area (Å²) in [4.78, 5) is 44.0. The first-order valence-electron chi connectivity index (χ1n) is 8.72. The standard InChI is InChI=1S/C19H20N4O4S/c1-3-9-23-18(26)17-16(12-7-5-6-8-13(12)21-17)22-19(23)28-11-14(24)20-10-15(25)27-4-2/h3,5-8,21H,1,4,9-11H2,2H3,(H,20,24). The first-order valence-corrected chi connectivity index (χ1v) is 9.71. The summed E-state index contributed by atoms with van der Waals surface area (Å²) in [6.45, 7) is 5.71. The number of H-pyrrole nitrogens is 1. The number of carbonyl (C=O) groups is 2. The van der Waals surface area contributed by atoms with Crippen molar-refractivity contribution in [3.63, 3.8) is 0 Å². The third kappa shape index (κ3) is 4.09. The van der Waals surface area contributed by atoms with Crippen LogP contribution < -0.4 is 10.9 Å². The second kappa shape index (κ2) is 8.75. The van der Waals surface area contributed by atoms with Crippen molar-refractivity contribution >= 4 is 45.6 Å². The topological polar surface area (TPSA) is 106 Å². The Morgan fingerprint density at radius 2 is 2.18 bits per heavy atom. The largest absolute Gasteiger partial charge is 0.465 e. The Morgan fingerprint density at radius 1 is 1.39 bits per heavy atom. The normalized spacial score (nSPS) is 10.9. The zero-order valence-electron chi connectivity index (χ0n) is 15.4. The molecule has 2 aromatic heterocycles. The van der Waals surface area contributed by atoms with Gasteiger partial charge in [0.05, 0.1) is 12.4 Å². The van der Waals surface area contributed by atoms with Crippen LogP contribution in [0.2, 0.25) is 0 Å². The highest BCUT2D eigenvalue weighted by molar-refractivity contribution is 7.99. The second-order valence-electron chi connectivity index (χ2n) is 5.86. The number of para-hydroxylation sites is 1. The van der Waals surface area contributed by atoms with Crippen LogP contribution in [0.3, 0.4) is 0 Å². The van der Waals surface area contributed by atoms with Gasteiger partial charge in [-0.05, 0) is 13.0 Å². The van der Waals surface area contributed by atoms with Crippen LogP contribution in [0.5, 0.6) is 0 Å². The van der Waals surface area contributed by atoms with E-state index in [4.69, 9.17) is 4.74 Å². The quantitative estimate of drug-likeness (QED) is 0.259. The summed E-state index contributed by atoms with van der Waals surface area (Å²) in [5, 5.41) is 3.74. The van der Waals surface area contributed by atoms with Crippen LogP contribution in [-0.4, -0.2) is 45.3 Å². The number of allylic oxidation sites excluding steroid dienone is 1. The van der Waals surface area contributed by atoms with Gasteiger partial charge in [0.1, 0.15) is 17.6 Å². The Labute approximate surface area is 165 Å². The number of amides is 1. The molecule has 2 heterocycles. The van der Waals surface area contributed by atoms with Crippen LogP contribution in [0.4, 0.5) is 0 Å². The number of hydrogen-bond acceptors (Lipinski definition) is 6. The maximum atomic E-state index is 12.9. The SMILES string of the molecule is C=CCn1c(SCC(=O)NCC(=O)OCC)nc2c([nH]c3ccccc32)c1=O. The Hall–Kier alpha value is -3.07. The Balaban J connectivity index is 1.87. The molecule has 3 aromatic rings. The summed E-state index contributed by atoms with van der Waals surface area (Å²) in [6.07, 6.45) is 1.60. The van der Waals surface area contributed by atoms with E-state index in [-0.39, 0.29) is 36.9 Å². The molecule has 2 N–H and O–H groups in total. The van der Waals surface area contributed by atoms with E-state index in [0.29, 0.717) is 16.2 Å². The first-order chi connectivity index (χ1) is 13.5. The first kappa shape index (κ1) is 19.7. The van der Waals surface area contributed by atoms with Gasteiger partial charge in [0.25, 0.3) is 5.56 Å². The third-order valence-electron chi connectivity index (χ3n) is 3.96. The van der Waals surface area contributed by atoms with Crippen LogP contribution in [0.15, 0.2) is 46.9 Å². The number of hydrogen-bond donors (Lipinski definition) is 2. The van der Waals surface area contributed by atoms with E-state index in [0.717, 1.165) is 22.7 Å². The van der Waals surface area contributed by atoms with E-state index in [1.54, 1.807) is 13.0 Å². The number of nitrogens with one attached hydrogen (secondary N) is 2. The Kier molecular flexibility index (Phi) is 6.15. The van der Waals surface area contributed by atoms with Gasteiger partial charge in [-0.1, -0.05) is 36.0 Å². The fraction of sp³-hybridized carbons (Fsp3) is 0.263. The second-order valence-corrected chi connectivity index (χ2v) is 6.81. The van der Waals surface area contributed by atoms with Crippen molar-refractivity contribution in [3.05, 3.63) is 47.3 Å². The lowest BCUT2D eigenvalue weighted by molar-refractivity contribution is -0.143. The minimum atomic E-state index is -0.497. The van der Waals surface area contributed by atoms with Gasteiger partial charge in [0.2, 0.25) is 5.91 Å². The number of rotatable bonds is 8. The van der Waals surface area contributed by atoms with Crippen molar-refractivity contribution < 1.29 is 14.3 Å². The average molecular weight is 400 g/mol. The molecule has 0 aliphatic carbocycles. The van der Waals surface area contributed by atoms with Gasteiger partial charge in [-0.15, -0.1) is 6.58 Å². The van der Waals surface area contributed by atoms with Crippen molar-refractivity contribution in [2.45, 2.75) is 18.6 Å². The van der Waals surface area contributed by atoms with Crippen molar-refractivity contribution in [3.8, 4) is 0 Å². The van der Waals surface area contributed by atoms with Crippen LogP contribution in [-0.2, 0) is 20.9 Å². The summed E-state index contributed by atoms with van der Waals surface area (Å²) in [5.74, 6) is -0.837. The van der Waals surface area contributed by atoms with Crippen molar-refractivity contribution in [2.24, 2.45) is 0 Å². The number of thioether (sulfide) groups is 1. The van der Waals surface area contributed by atoms with E-state index in [1.165, 1.54) is 4.57 Å². The summed E-state index contributed by atoms with van der Waals surface area (Å²) < 4.78 is 6.24. The van der Waals surface area contributed by atoms with Crippen LogP contribution in [0.1, 0.15) is 6.92 Å². The molecule has 8 nitrogen and oxygen atoms in total. The van der Waals surface area contributed by atoms with Crippen LogP contribution in [0, 0.1) is 0 Å². The van der Waals surface area contributed by atoms with Crippen LogP contribution in [0.25, 0.3) is 21.9 Å². The van der Waals surface area contributed by atoms with Gasteiger partial charge in [0.15, 0.2) is 5.16 Å². The van der Waals surface area contributed by atoms with Crippen molar-refractivity contribution in [1.82, 2.24) is 19.9 Å². The molecule has 0 aliphatic rings. The number of carbonyl (C=O) groups excluding carboxylic acids is 2. The summed E-state index contributed by atoms with van der Waals surface area (Å²) in [6, 6.07) is 7.52. The molecule has 0 aliphatic heterocycles. The van der Waals surface area contributed by atoms with Gasteiger partial charge in [-0.2, -0.15) is 0 Å².